The summed E-state index contributed by atoms with van der Waals surface area (Å²) in [5.74, 6) is 0. The van der Waals surface area contributed by atoms with Gasteiger partial charge in [0.2, 0.25) is 0 Å². The van der Waals surface area contributed by atoms with Gasteiger partial charge in [-0.1, -0.05) is 0 Å². The molecule has 2 nitrogen and oxygen atoms in total. The molecule has 10 heavy (non-hydrogen) atoms. The van der Waals surface area contributed by atoms with Crippen LogP contribution in [0.25, 0.3) is 0 Å². The lowest BCUT2D eigenvalue weighted by Gasteiger charge is -2.17. The summed E-state index contributed by atoms with van der Waals surface area (Å²) >= 11 is 0. The lowest BCUT2D eigenvalue weighted by atomic mass is 10.5. The molecule has 0 atom stereocenters. The van der Waals surface area contributed by atoms with Gasteiger partial charge < -0.3 is 8.85 Å². The van der Waals surface area contributed by atoms with Crippen molar-refractivity contribution in [2.24, 2.45) is 0 Å². The third-order valence-electron chi connectivity index (χ3n) is 0.928. The first-order chi connectivity index (χ1) is 4.52. The van der Waals surface area contributed by atoms with E-state index in [-0.39, 0.29) is 0 Å². The maximum atomic E-state index is 5.48. The summed E-state index contributed by atoms with van der Waals surface area (Å²) in [5.41, 5.74) is 0. The highest BCUT2D eigenvalue weighted by atomic mass is 28.3. The molecule has 0 aliphatic carbocycles. The van der Waals surface area contributed by atoms with Crippen molar-refractivity contribution < 1.29 is 8.85 Å². The van der Waals surface area contributed by atoms with Crippen LogP contribution in [0.3, 0.4) is 0 Å². The average Bonchev–Trinajstić information content (AvgIpc) is 1.58. The molecule has 62 valence electrons. The van der Waals surface area contributed by atoms with Gasteiger partial charge in [0, 0.05) is 12.2 Å². The summed E-state index contributed by atoms with van der Waals surface area (Å²) in [6.45, 7) is 10.2. The van der Waals surface area contributed by atoms with Gasteiger partial charge in [0.15, 0.2) is 0 Å². The molecule has 0 aromatic carbocycles. The molecule has 0 aliphatic heterocycles. The van der Waals surface area contributed by atoms with E-state index in [1.807, 2.05) is 27.7 Å². The maximum absolute atomic E-state index is 5.48. The zero-order chi connectivity index (χ0) is 8.15. The van der Waals surface area contributed by atoms with Gasteiger partial charge in [0.05, 0.1) is 0 Å². The van der Waals surface area contributed by atoms with Gasteiger partial charge >= 0.3 is 9.28 Å². The second-order valence-electron chi connectivity index (χ2n) is 2.94. The Hall–Kier alpha value is 0.137. The van der Waals surface area contributed by atoms with E-state index < -0.39 is 9.28 Å². The fraction of sp³-hybridized carbons (Fsp3) is 1.00. The number of rotatable bonds is 4. The second-order valence-corrected chi connectivity index (χ2v) is 4.62. The van der Waals surface area contributed by atoms with E-state index in [0.29, 0.717) is 12.2 Å². The van der Waals surface area contributed by atoms with Gasteiger partial charge in [-0.05, 0) is 34.2 Å². The summed E-state index contributed by atoms with van der Waals surface area (Å²) in [5, 5.41) is 0. The molecule has 0 bridgehead atoms. The van der Waals surface area contributed by atoms with Crippen molar-refractivity contribution in [3.05, 3.63) is 0 Å². The first-order valence-electron chi connectivity index (χ1n) is 3.83. The quantitative estimate of drug-likeness (QED) is 0.586. The van der Waals surface area contributed by atoms with Gasteiger partial charge in [-0.15, -0.1) is 0 Å². The topological polar surface area (TPSA) is 18.5 Å². The van der Waals surface area contributed by atoms with Crippen LogP contribution < -0.4 is 0 Å². The molecule has 0 saturated carbocycles. The first kappa shape index (κ1) is 10.1. The molecule has 0 aromatic heterocycles. The van der Waals surface area contributed by atoms with Crippen molar-refractivity contribution in [1.82, 2.24) is 0 Å². The van der Waals surface area contributed by atoms with Gasteiger partial charge in [-0.3, -0.25) is 0 Å². The molecule has 0 N–H and O–H groups in total. The third-order valence-corrected chi connectivity index (χ3v) is 2.78. The van der Waals surface area contributed by atoms with E-state index >= 15 is 0 Å². The van der Waals surface area contributed by atoms with Gasteiger partial charge in [-0.25, -0.2) is 0 Å². The maximum Gasteiger partial charge on any atom is 0.318 e. The number of hydrogen-bond donors (Lipinski definition) is 0. The van der Waals surface area contributed by atoms with E-state index in [0.717, 1.165) is 0 Å². The molecule has 0 amide bonds. The predicted molar refractivity (Wildman–Crippen MR) is 45.5 cm³/mol. The monoisotopic (exact) mass is 162 g/mol. The van der Waals surface area contributed by atoms with Crippen molar-refractivity contribution >= 4 is 9.28 Å². The summed E-state index contributed by atoms with van der Waals surface area (Å²) in [6, 6.07) is 0. The molecular formula is C7H18O2Si. The Morgan fingerprint density at radius 3 is 1.40 bits per heavy atom. The van der Waals surface area contributed by atoms with Crippen molar-refractivity contribution in [3.8, 4) is 0 Å². The fourth-order valence-electron chi connectivity index (χ4n) is 0.799. The van der Waals surface area contributed by atoms with E-state index in [1.165, 1.54) is 0 Å². The zero-order valence-corrected chi connectivity index (χ0v) is 8.70. The summed E-state index contributed by atoms with van der Waals surface area (Å²) in [7, 11) is -1.32. The van der Waals surface area contributed by atoms with Crippen molar-refractivity contribution in [3.63, 3.8) is 0 Å². The van der Waals surface area contributed by atoms with Crippen LogP contribution in [0.15, 0.2) is 0 Å². The van der Waals surface area contributed by atoms with E-state index in [9.17, 15) is 0 Å². The molecule has 0 unspecified atom stereocenters. The van der Waals surface area contributed by atoms with Gasteiger partial charge in [0.1, 0.15) is 0 Å². The third kappa shape index (κ3) is 6.26. The van der Waals surface area contributed by atoms with Crippen LogP contribution in [-0.4, -0.2) is 21.5 Å². The van der Waals surface area contributed by atoms with Crippen LogP contribution in [-0.2, 0) is 8.85 Å². The van der Waals surface area contributed by atoms with Gasteiger partial charge in [0.25, 0.3) is 0 Å². The van der Waals surface area contributed by atoms with Crippen LogP contribution >= 0.6 is 0 Å². The minimum atomic E-state index is -1.32. The lowest BCUT2D eigenvalue weighted by molar-refractivity contribution is 0.134. The molecular weight excluding hydrogens is 144 g/mol. The van der Waals surface area contributed by atoms with E-state index in [2.05, 4.69) is 6.55 Å². The minimum absolute atomic E-state index is 0.306. The lowest BCUT2D eigenvalue weighted by Crippen LogP contribution is -2.25. The second kappa shape index (κ2) is 4.88. The van der Waals surface area contributed by atoms with Crippen LogP contribution in [0.4, 0.5) is 0 Å². The van der Waals surface area contributed by atoms with Crippen LogP contribution in [0.5, 0.6) is 0 Å². The Balaban J connectivity index is 3.34. The molecule has 0 saturated heterocycles. The Morgan fingerprint density at radius 1 is 0.900 bits per heavy atom. The largest absolute Gasteiger partial charge is 0.394 e. The highest BCUT2D eigenvalue weighted by molar-refractivity contribution is 6.42. The Bertz CT molecular complexity index is 73.7. The average molecular weight is 162 g/mol. The standard InChI is InChI=1S/C7H18O2Si/c1-6(2)8-10(5)9-7(3)4/h6-7,10H,1-5H3. The SMILES string of the molecule is CC(C)O[SiH](C)OC(C)C. The first-order valence-corrected chi connectivity index (χ1v) is 5.93. The molecule has 0 heterocycles. The van der Waals surface area contributed by atoms with Crippen molar-refractivity contribution in [1.29, 1.82) is 0 Å². The van der Waals surface area contributed by atoms with Crippen molar-refractivity contribution in [2.75, 3.05) is 0 Å². The Morgan fingerprint density at radius 2 is 1.20 bits per heavy atom. The Kier molecular flexibility index (Phi) is 4.94. The summed E-state index contributed by atoms with van der Waals surface area (Å²) in [6.07, 6.45) is 0.612. The van der Waals surface area contributed by atoms with Crippen LogP contribution in [0, 0.1) is 0 Å². The molecule has 0 aromatic rings. The molecule has 3 heteroatoms. The predicted octanol–water partition coefficient (Wildman–Crippen LogP) is 1.69. The molecule has 0 rings (SSSR count). The normalized spacial score (nSPS) is 12.0. The smallest absolute Gasteiger partial charge is 0.318 e. The van der Waals surface area contributed by atoms with Crippen LogP contribution in [0.2, 0.25) is 6.55 Å². The summed E-state index contributed by atoms with van der Waals surface area (Å²) in [4.78, 5) is 0. The van der Waals surface area contributed by atoms with E-state index in [4.69, 9.17) is 8.85 Å². The van der Waals surface area contributed by atoms with Gasteiger partial charge in [-0.2, -0.15) is 0 Å². The molecule has 0 radical (unpaired) electrons. The highest BCUT2D eigenvalue weighted by Crippen LogP contribution is 1.98. The van der Waals surface area contributed by atoms with E-state index in [1.54, 1.807) is 0 Å². The molecule has 0 aliphatic rings. The van der Waals surface area contributed by atoms with Crippen LogP contribution in [0.1, 0.15) is 27.7 Å². The summed E-state index contributed by atoms with van der Waals surface area (Å²) < 4.78 is 11.0. The zero-order valence-electron chi connectivity index (χ0n) is 7.55. The molecule has 0 spiro atoms. The highest BCUT2D eigenvalue weighted by Gasteiger charge is 2.08. The molecule has 0 fully saturated rings. The Labute approximate surface area is 65.4 Å². The fourth-order valence-corrected chi connectivity index (χ4v) is 2.40. The minimum Gasteiger partial charge on any atom is -0.394 e. The van der Waals surface area contributed by atoms with Crippen molar-refractivity contribution in [2.45, 2.75) is 46.4 Å². The number of hydrogen-bond acceptors (Lipinski definition) is 2.